The number of unbranched alkanes of at least 4 members (excludes halogenated alkanes) is 9. The summed E-state index contributed by atoms with van der Waals surface area (Å²) < 4.78 is 30.8. The molecule has 1 aromatic carbocycles. The van der Waals surface area contributed by atoms with Crippen LogP contribution in [-0.2, 0) is 23.2 Å². The normalized spacial score (nSPS) is 11.4. The van der Waals surface area contributed by atoms with Crippen molar-refractivity contribution in [2.75, 3.05) is 14.1 Å². The molecule has 0 amide bonds. The molecule has 1 aromatic heterocycles. The summed E-state index contributed by atoms with van der Waals surface area (Å²) in [6, 6.07) is 11.7. The lowest BCUT2D eigenvalue weighted by Gasteiger charge is -2.11. The molecule has 0 spiro atoms. The third-order valence-corrected chi connectivity index (χ3v) is 7.56. The van der Waals surface area contributed by atoms with Gasteiger partial charge in [-0.1, -0.05) is 76.5 Å². The van der Waals surface area contributed by atoms with E-state index in [2.05, 4.69) is 13.0 Å². The van der Waals surface area contributed by atoms with Crippen LogP contribution in [-0.4, -0.2) is 30.8 Å². The predicted octanol–water partition coefficient (Wildman–Crippen LogP) is 2.09. The van der Waals surface area contributed by atoms with Crippen molar-refractivity contribution in [3.63, 3.8) is 0 Å². The summed E-state index contributed by atoms with van der Waals surface area (Å²) in [5.41, 5.74) is 1.32. The van der Waals surface area contributed by atoms with E-state index in [4.69, 9.17) is 0 Å². The molecule has 0 unspecified atom stereocenters. The van der Waals surface area contributed by atoms with E-state index in [-0.39, 0.29) is 18.8 Å². The van der Waals surface area contributed by atoms with Crippen molar-refractivity contribution in [3.05, 3.63) is 42.2 Å². The van der Waals surface area contributed by atoms with Gasteiger partial charge in [0, 0.05) is 14.1 Å². The van der Waals surface area contributed by atoms with Crippen molar-refractivity contribution >= 4 is 10.2 Å². The smallest absolute Gasteiger partial charge is 0.380 e. The van der Waals surface area contributed by atoms with Crippen LogP contribution < -0.4 is 17.0 Å². The van der Waals surface area contributed by atoms with Gasteiger partial charge < -0.3 is 12.4 Å². The average molecular weight is 495 g/mol. The van der Waals surface area contributed by atoms with Crippen LogP contribution in [0.4, 0.5) is 0 Å². The Morgan fingerprint density at radius 3 is 2.00 bits per heavy atom. The largest absolute Gasteiger partial charge is 1.00 e. The van der Waals surface area contributed by atoms with Gasteiger partial charge in [-0.15, -0.1) is 3.97 Å². The molecule has 33 heavy (non-hydrogen) atoms. The van der Waals surface area contributed by atoms with E-state index in [0.29, 0.717) is 11.5 Å². The van der Waals surface area contributed by atoms with Gasteiger partial charge in [-0.25, -0.2) is 4.57 Å². The Morgan fingerprint density at radius 2 is 1.48 bits per heavy atom. The molecule has 2 aromatic rings. The third kappa shape index (κ3) is 8.44. The van der Waals surface area contributed by atoms with Crippen molar-refractivity contribution in [1.82, 2.24) is 8.28 Å². The summed E-state index contributed by atoms with van der Waals surface area (Å²) in [7, 11) is -0.721. The summed E-state index contributed by atoms with van der Waals surface area (Å²) in [6.45, 7) is 2.98. The highest BCUT2D eigenvalue weighted by molar-refractivity contribution is 7.87. The number of aryl methyl sites for hydroxylation is 1. The second-order valence-corrected chi connectivity index (χ2v) is 10.6. The van der Waals surface area contributed by atoms with Crippen LogP contribution in [0, 0.1) is 11.3 Å². The first-order valence-corrected chi connectivity index (χ1v) is 13.3. The van der Waals surface area contributed by atoms with Gasteiger partial charge in [0.2, 0.25) is 0 Å². The molecular weight excluding hydrogens is 456 g/mol. The van der Waals surface area contributed by atoms with Crippen LogP contribution in [0.2, 0.25) is 0 Å². The maximum absolute atomic E-state index is 13.1. The highest BCUT2D eigenvalue weighted by Gasteiger charge is 2.35. The van der Waals surface area contributed by atoms with Gasteiger partial charge in [0.25, 0.3) is 0 Å². The Bertz CT molecular complexity index is 966. The van der Waals surface area contributed by atoms with Crippen LogP contribution in [0.25, 0.3) is 11.4 Å². The molecule has 0 aliphatic rings. The molecule has 184 valence electrons. The first-order chi connectivity index (χ1) is 15.4. The highest BCUT2D eigenvalue weighted by Crippen LogP contribution is 2.22. The zero-order chi connectivity index (χ0) is 23.4. The fraction of sp³-hybridized carbons (Fsp3) is 0.600. The Morgan fingerprint density at radius 1 is 0.939 bits per heavy atom. The zero-order valence-electron chi connectivity index (χ0n) is 20.3. The first-order valence-electron chi connectivity index (χ1n) is 11.9. The SMILES string of the molecule is CCCCCCCCCCCC[n+]1cc(CC#N)n(S(=O)(=O)N(C)C)c1-c1ccccc1.[Cl-]. The topological polar surface area (TPSA) is 70.0 Å². The van der Waals surface area contributed by atoms with Gasteiger partial charge in [-0.3, -0.25) is 0 Å². The lowest BCUT2D eigenvalue weighted by atomic mass is 10.1. The third-order valence-electron chi connectivity index (χ3n) is 5.77. The lowest BCUT2D eigenvalue weighted by Crippen LogP contribution is -3.00. The minimum Gasteiger partial charge on any atom is -1.00 e. The summed E-state index contributed by atoms with van der Waals surface area (Å²) in [6.07, 6.45) is 14.4. The minimum atomic E-state index is -3.76. The summed E-state index contributed by atoms with van der Waals surface area (Å²) in [4.78, 5) is 0. The van der Waals surface area contributed by atoms with Crippen LogP contribution >= 0.6 is 0 Å². The van der Waals surface area contributed by atoms with Crippen LogP contribution in [0.15, 0.2) is 36.5 Å². The molecule has 6 nitrogen and oxygen atoms in total. The molecular formula is C25H39ClN4O2S. The average Bonchev–Trinajstić information content (AvgIpc) is 3.14. The van der Waals surface area contributed by atoms with Crippen molar-refractivity contribution in [3.8, 4) is 17.5 Å². The summed E-state index contributed by atoms with van der Waals surface area (Å²) in [5, 5.41) is 9.30. The van der Waals surface area contributed by atoms with Gasteiger partial charge in [0.1, 0.15) is 12.6 Å². The number of nitrogens with zero attached hydrogens (tertiary/aromatic N) is 4. The second kappa shape index (κ2) is 15.1. The van der Waals surface area contributed by atoms with Crippen LogP contribution in [0.5, 0.6) is 0 Å². The predicted molar refractivity (Wildman–Crippen MR) is 129 cm³/mol. The lowest BCUT2D eigenvalue weighted by molar-refractivity contribution is -0.685. The number of hydrogen-bond donors (Lipinski definition) is 0. The molecule has 0 radical (unpaired) electrons. The minimum absolute atomic E-state index is 0. The van der Waals surface area contributed by atoms with Crippen LogP contribution in [0.1, 0.15) is 76.8 Å². The molecule has 1 heterocycles. The van der Waals surface area contributed by atoms with Crippen molar-refractivity contribution in [1.29, 1.82) is 5.26 Å². The molecule has 0 saturated carbocycles. The highest BCUT2D eigenvalue weighted by atomic mass is 35.5. The van der Waals surface area contributed by atoms with Crippen molar-refractivity contribution in [2.45, 2.75) is 84.1 Å². The van der Waals surface area contributed by atoms with Crippen molar-refractivity contribution in [2.24, 2.45) is 0 Å². The number of nitriles is 1. The fourth-order valence-corrected chi connectivity index (χ4v) is 5.14. The Kier molecular flexibility index (Phi) is 13.3. The van der Waals surface area contributed by atoms with E-state index in [9.17, 15) is 13.7 Å². The van der Waals surface area contributed by atoms with E-state index in [1.54, 1.807) is 0 Å². The molecule has 0 aliphatic heterocycles. The maximum Gasteiger partial charge on any atom is 0.380 e. The quantitative estimate of drug-likeness (QED) is 0.281. The summed E-state index contributed by atoms with van der Waals surface area (Å²) in [5.74, 6) is 0.612. The van der Waals surface area contributed by atoms with Gasteiger partial charge in [-0.2, -0.15) is 18.0 Å². The number of benzene rings is 1. The number of hydrogen-bond acceptors (Lipinski definition) is 3. The Labute approximate surface area is 206 Å². The molecule has 0 fully saturated rings. The van der Waals surface area contributed by atoms with E-state index in [1.807, 2.05) is 41.1 Å². The molecule has 2 rings (SSSR count). The molecule has 0 aliphatic carbocycles. The van der Waals surface area contributed by atoms with Gasteiger partial charge in [0.15, 0.2) is 5.69 Å². The Hall–Kier alpha value is -1.88. The molecule has 0 saturated heterocycles. The van der Waals surface area contributed by atoms with E-state index in [1.165, 1.54) is 73.7 Å². The molecule has 0 atom stereocenters. The number of rotatable bonds is 15. The van der Waals surface area contributed by atoms with Gasteiger partial charge in [0.05, 0.1) is 18.2 Å². The Balaban J connectivity index is 0.00000544. The molecule has 8 heteroatoms. The van der Waals surface area contributed by atoms with Gasteiger partial charge in [-0.05, 0) is 25.0 Å². The standard InChI is InChI=1S/C25H39N4O2S.ClH/c1-4-5-6-7-8-9-10-11-12-16-21-28-22-24(19-20-26)29(32(30,31)27(2)3)25(28)23-17-14-13-15-18-23;/h13-15,17-18,22H,4-12,16,19,21H2,1-3H3;1H/q+1;/p-1. The number of imidazole rings is 1. The molecule has 0 N–H and O–H groups in total. The van der Waals surface area contributed by atoms with E-state index in [0.717, 1.165) is 24.9 Å². The number of halogens is 1. The molecule has 0 bridgehead atoms. The number of aromatic nitrogens is 2. The fourth-order valence-electron chi connectivity index (χ4n) is 3.98. The van der Waals surface area contributed by atoms with Crippen molar-refractivity contribution < 1.29 is 25.4 Å². The van der Waals surface area contributed by atoms with E-state index >= 15 is 0 Å². The van der Waals surface area contributed by atoms with E-state index < -0.39 is 10.2 Å². The first kappa shape index (κ1) is 29.2. The monoisotopic (exact) mass is 494 g/mol. The summed E-state index contributed by atoms with van der Waals surface area (Å²) >= 11 is 0. The maximum atomic E-state index is 13.1. The second-order valence-electron chi connectivity index (χ2n) is 8.57. The zero-order valence-corrected chi connectivity index (χ0v) is 21.9. The van der Waals surface area contributed by atoms with Gasteiger partial charge >= 0.3 is 16.0 Å². The van der Waals surface area contributed by atoms with Crippen LogP contribution in [0.3, 0.4) is 0 Å².